The standard InChI is InChI=1S/C15H23N3O3/c1-15(20)6-3-7-18(11-15)8-9-21-13-5-2-4-12(10-13)14(19)17-16/h2,4-5,10,20H,3,6-9,11,16H2,1H3,(H,17,19). The summed E-state index contributed by atoms with van der Waals surface area (Å²) >= 11 is 0. The van der Waals surface area contributed by atoms with E-state index in [4.69, 9.17) is 10.6 Å². The fourth-order valence-electron chi connectivity index (χ4n) is 2.62. The molecule has 1 saturated heterocycles. The van der Waals surface area contributed by atoms with Gasteiger partial charge >= 0.3 is 0 Å². The fourth-order valence-corrected chi connectivity index (χ4v) is 2.62. The molecule has 1 aromatic rings. The number of piperidine rings is 1. The van der Waals surface area contributed by atoms with Crippen LogP contribution in [0.1, 0.15) is 30.1 Å². The van der Waals surface area contributed by atoms with E-state index in [1.54, 1.807) is 24.3 Å². The Hall–Kier alpha value is -1.63. The second-order valence-corrected chi connectivity index (χ2v) is 5.73. The Balaban J connectivity index is 1.82. The van der Waals surface area contributed by atoms with Crippen molar-refractivity contribution >= 4 is 5.91 Å². The summed E-state index contributed by atoms with van der Waals surface area (Å²) in [6.45, 7) is 4.79. The van der Waals surface area contributed by atoms with Gasteiger partial charge in [-0.2, -0.15) is 0 Å². The molecule has 0 radical (unpaired) electrons. The van der Waals surface area contributed by atoms with Gasteiger partial charge < -0.3 is 9.84 Å². The van der Waals surface area contributed by atoms with Gasteiger partial charge in [0.15, 0.2) is 0 Å². The maximum Gasteiger partial charge on any atom is 0.265 e. The van der Waals surface area contributed by atoms with Gasteiger partial charge in [-0.05, 0) is 44.5 Å². The summed E-state index contributed by atoms with van der Waals surface area (Å²) in [5.74, 6) is 5.40. The molecule has 0 spiro atoms. The highest BCUT2D eigenvalue weighted by atomic mass is 16.5. The van der Waals surface area contributed by atoms with Crippen LogP contribution in [0.5, 0.6) is 5.75 Å². The summed E-state index contributed by atoms with van der Waals surface area (Å²) in [6.07, 6.45) is 1.85. The Morgan fingerprint density at radius 2 is 2.38 bits per heavy atom. The number of nitrogens with one attached hydrogen (secondary N) is 1. The molecule has 1 aliphatic rings. The first kappa shape index (κ1) is 15.8. The molecule has 1 fully saturated rings. The Morgan fingerprint density at radius 3 is 3.10 bits per heavy atom. The maximum absolute atomic E-state index is 11.4. The number of nitrogens with two attached hydrogens (primary N) is 1. The number of hydrazine groups is 1. The molecular formula is C15H23N3O3. The van der Waals surface area contributed by atoms with Crippen LogP contribution in [0.25, 0.3) is 0 Å². The molecule has 1 unspecified atom stereocenters. The first-order chi connectivity index (χ1) is 10.00. The van der Waals surface area contributed by atoms with E-state index in [9.17, 15) is 9.90 Å². The minimum Gasteiger partial charge on any atom is -0.492 e. The Morgan fingerprint density at radius 1 is 1.57 bits per heavy atom. The number of carbonyl (C=O) groups is 1. The molecule has 2 rings (SSSR count). The molecule has 6 nitrogen and oxygen atoms in total. The molecule has 116 valence electrons. The number of ether oxygens (including phenoxy) is 1. The number of aliphatic hydroxyl groups is 1. The van der Waals surface area contributed by atoms with Crippen molar-refractivity contribution in [1.29, 1.82) is 0 Å². The van der Waals surface area contributed by atoms with Gasteiger partial charge in [0.1, 0.15) is 12.4 Å². The highest BCUT2D eigenvalue weighted by molar-refractivity contribution is 5.94. The van der Waals surface area contributed by atoms with Gasteiger partial charge in [-0.15, -0.1) is 0 Å². The number of likely N-dealkylation sites (tertiary alicyclic amines) is 1. The van der Waals surface area contributed by atoms with Gasteiger partial charge in [0, 0.05) is 18.7 Å². The molecule has 1 aliphatic heterocycles. The summed E-state index contributed by atoms with van der Waals surface area (Å²) < 4.78 is 5.67. The van der Waals surface area contributed by atoms with Crippen LogP contribution in [0.3, 0.4) is 0 Å². The molecule has 6 heteroatoms. The van der Waals surface area contributed by atoms with E-state index in [1.807, 2.05) is 6.92 Å². The summed E-state index contributed by atoms with van der Waals surface area (Å²) in [4.78, 5) is 13.6. The SMILES string of the molecule is CC1(O)CCCN(CCOc2cccc(C(=O)NN)c2)C1. The predicted octanol–water partition coefficient (Wildman–Crippen LogP) is 0.516. The Kier molecular flexibility index (Phi) is 5.17. The number of nitrogen functional groups attached to an aromatic ring is 1. The lowest BCUT2D eigenvalue weighted by Gasteiger charge is -2.36. The van der Waals surface area contributed by atoms with Crippen LogP contribution in [0, 0.1) is 0 Å². The van der Waals surface area contributed by atoms with E-state index < -0.39 is 5.60 Å². The molecule has 1 amide bonds. The van der Waals surface area contributed by atoms with Crippen molar-refractivity contribution in [3.8, 4) is 5.75 Å². The summed E-state index contributed by atoms with van der Waals surface area (Å²) in [7, 11) is 0. The van der Waals surface area contributed by atoms with Crippen LogP contribution in [0.4, 0.5) is 0 Å². The number of hydrogen-bond acceptors (Lipinski definition) is 5. The van der Waals surface area contributed by atoms with Crippen molar-refractivity contribution in [2.45, 2.75) is 25.4 Å². The number of β-amino-alcohol motifs (C(OH)–C–C–N with tert-alkyl or cyclic N) is 1. The van der Waals surface area contributed by atoms with Crippen molar-refractivity contribution in [3.05, 3.63) is 29.8 Å². The van der Waals surface area contributed by atoms with Gasteiger partial charge in [-0.3, -0.25) is 15.1 Å². The van der Waals surface area contributed by atoms with Gasteiger partial charge in [0.2, 0.25) is 0 Å². The van der Waals surface area contributed by atoms with Gasteiger partial charge in [0.25, 0.3) is 5.91 Å². The van der Waals surface area contributed by atoms with Gasteiger partial charge in [0.05, 0.1) is 5.60 Å². The lowest BCUT2D eigenvalue weighted by Crippen LogP contribution is -2.47. The number of nitrogens with zero attached hydrogens (tertiary/aromatic N) is 1. The molecule has 4 N–H and O–H groups in total. The third kappa shape index (κ3) is 4.70. The quantitative estimate of drug-likeness (QED) is 0.418. The third-order valence-electron chi connectivity index (χ3n) is 3.66. The second-order valence-electron chi connectivity index (χ2n) is 5.73. The Bertz CT molecular complexity index is 491. The molecule has 0 aromatic heterocycles. The first-order valence-corrected chi connectivity index (χ1v) is 7.19. The molecule has 0 saturated carbocycles. The van der Waals surface area contributed by atoms with E-state index in [0.717, 1.165) is 25.9 Å². The monoisotopic (exact) mass is 293 g/mol. The van der Waals surface area contributed by atoms with Gasteiger partial charge in [-0.1, -0.05) is 6.07 Å². The molecular weight excluding hydrogens is 270 g/mol. The summed E-state index contributed by atoms with van der Waals surface area (Å²) in [5, 5.41) is 10.0. The molecule has 1 aromatic carbocycles. The van der Waals surface area contributed by atoms with E-state index in [-0.39, 0.29) is 5.91 Å². The van der Waals surface area contributed by atoms with Crippen molar-refractivity contribution in [1.82, 2.24) is 10.3 Å². The predicted molar refractivity (Wildman–Crippen MR) is 79.9 cm³/mol. The molecule has 0 bridgehead atoms. The topological polar surface area (TPSA) is 87.8 Å². The van der Waals surface area contributed by atoms with Crippen LogP contribution in [-0.2, 0) is 0 Å². The maximum atomic E-state index is 11.4. The zero-order valence-electron chi connectivity index (χ0n) is 12.3. The third-order valence-corrected chi connectivity index (χ3v) is 3.66. The molecule has 1 heterocycles. The summed E-state index contributed by atoms with van der Waals surface area (Å²) in [5.41, 5.74) is 1.96. The fraction of sp³-hybridized carbons (Fsp3) is 0.533. The number of amides is 1. The molecule has 0 aliphatic carbocycles. The Labute approximate surface area is 124 Å². The van der Waals surface area contributed by atoms with Crippen LogP contribution in [0.15, 0.2) is 24.3 Å². The average Bonchev–Trinajstić information content (AvgIpc) is 2.46. The van der Waals surface area contributed by atoms with Crippen molar-refractivity contribution in [2.24, 2.45) is 5.84 Å². The van der Waals surface area contributed by atoms with E-state index in [1.165, 1.54) is 0 Å². The first-order valence-electron chi connectivity index (χ1n) is 7.19. The number of carbonyl (C=O) groups excluding carboxylic acids is 1. The minimum absolute atomic E-state index is 0.340. The number of benzene rings is 1. The normalized spacial score (nSPS) is 22.8. The van der Waals surface area contributed by atoms with Crippen molar-refractivity contribution in [2.75, 3.05) is 26.2 Å². The lowest BCUT2D eigenvalue weighted by molar-refractivity contribution is -0.0183. The number of rotatable bonds is 5. The van der Waals surface area contributed by atoms with Crippen molar-refractivity contribution in [3.63, 3.8) is 0 Å². The molecule has 1 atom stereocenters. The van der Waals surface area contributed by atoms with E-state index >= 15 is 0 Å². The van der Waals surface area contributed by atoms with Crippen LogP contribution < -0.4 is 16.0 Å². The van der Waals surface area contributed by atoms with E-state index in [2.05, 4.69) is 10.3 Å². The van der Waals surface area contributed by atoms with E-state index in [0.29, 0.717) is 24.5 Å². The zero-order valence-corrected chi connectivity index (χ0v) is 12.3. The van der Waals surface area contributed by atoms with Crippen LogP contribution in [0.2, 0.25) is 0 Å². The zero-order chi connectivity index (χ0) is 15.3. The molecule has 21 heavy (non-hydrogen) atoms. The van der Waals surface area contributed by atoms with Crippen LogP contribution >= 0.6 is 0 Å². The highest BCUT2D eigenvalue weighted by Crippen LogP contribution is 2.20. The van der Waals surface area contributed by atoms with Crippen LogP contribution in [-0.4, -0.2) is 47.8 Å². The summed E-state index contributed by atoms with van der Waals surface area (Å²) in [6, 6.07) is 6.90. The lowest BCUT2D eigenvalue weighted by atomic mass is 9.95. The minimum atomic E-state index is -0.600. The largest absolute Gasteiger partial charge is 0.492 e. The van der Waals surface area contributed by atoms with Gasteiger partial charge in [-0.25, -0.2) is 5.84 Å². The average molecular weight is 293 g/mol. The highest BCUT2D eigenvalue weighted by Gasteiger charge is 2.27. The van der Waals surface area contributed by atoms with Crippen molar-refractivity contribution < 1.29 is 14.6 Å². The smallest absolute Gasteiger partial charge is 0.265 e. The number of hydrogen-bond donors (Lipinski definition) is 3. The second kappa shape index (κ2) is 6.89.